The first-order valence-corrected chi connectivity index (χ1v) is 9.69. The van der Waals surface area contributed by atoms with Gasteiger partial charge in [-0.25, -0.2) is 0 Å². The van der Waals surface area contributed by atoms with Gasteiger partial charge in [0.05, 0.1) is 0 Å². The molecule has 0 amide bonds. The van der Waals surface area contributed by atoms with Crippen LogP contribution in [0.5, 0.6) is 0 Å². The first-order chi connectivity index (χ1) is 9.22. The molecule has 0 fully saturated rings. The van der Waals surface area contributed by atoms with Crippen molar-refractivity contribution in [3.05, 3.63) is 60.1 Å². The van der Waals surface area contributed by atoms with Crippen LogP contribution < -0.4 is 5.19 Å². The fourth-order valence-corrected chi connectivity index (χ4v) is 5.84. The van der Waals surface area contributed by atoms with Gasteiger partial charge in [-0.1, -0.05) is 52.3 Å². The van der Waals surface area contributed by atoms with Gasteiger partial charge in [-0.15, -0.1) is 13.2 Å². The Morgan fingerprint density at radius 3 is 2.16 bits per heavy atom. The van der Waals surface area contributed by atoms with Crippen molar-refractivity contribution in [3.63, 3.8) is 0 Å². The molecule has 0 unspecified atom stereocenters. The number of benzene rings is 1. The minimum Gasteiger partial charge on any atom is -0.412 e. The summed E-state index contributed by atoms with van der Waals surface area (Å²) in [5.41, 5.74) is 1.18. The average Bonchev–Trinajstić information content (AvgIpc) is 2.41. The van der Waals surface area contributed by atoms with E-state index in [1.807, 2.05) is 23.2 Å². The molecule has 0 aromatic heterocycles. The Bertz CT molecular complexity index is 427. The summed E-state index contributed by atoms with van der Waals surface area (Å²) in [5.74, 6) is 0. The highest BCUT2D eigenvalue weighted by Crippen LogP contribution is 2.19. The van der Waals surface area contributed by atoms with Crippen molar-refractivity contribution < 1.29 is 4.43 Å². The van der Waals surface area contributed by atoms with E-state index in [9.17, 15) is 0 Å². The van der Waals surface area contributed by atoms with Gasteiger partial charge in [-0.05, 0) is 40.8 Å². The zero-order valence-corrected chi connectivity index (χ0v) is 14.0. The summed E-state index contributed by atoms with van der Waals surface area (Å²) in [5, 5.41) is 1.31. The molecule has 0 heterocycles. The predicted octanol–water partition coefficient (Wildman–Crippen LogP) is 4.61. The van der Waals surface area contributed by atoms with Gasteiger partial charge in [0.2, 0.25) is 8.32 Å². The Hall–Kier alpha value is -0.903. The van der Waals surface area contributed by atoms with Crippen LogP contribution >= 0.6 is 15.9 Å². The third kappa shape index (κ3) is 4.30. The molecule has 0 aliphatic rings. The van der Waals surface area contributed by atoms with Gasteiger partial charge in [0.25, 0.3) is 0 Å². The maximum Gasteiger partial charge on any atom is 0.231 e. The average molecular weight is 337 g/mol. The third-order valence-electron chi connectivity index (χ3n) is 3.06. The molecule has 0 bridgehead atoms. The second-order valence-electron chi connectivity index (χ2n) is 4.33. The molecule has 19 heavy (non-hydrogen) atoms. The van der Waals surface area contributed by atoms with E-state index in [-0.39, 0.29) is 0 Å². The van der Waals surface area contributed by atoms with Crippen molar-refractivity contribution in [3.8, 4) is 0 Å². The van der Waals surface area contributed by atoms with Crippen LogP contribution in [-0.4, -0.2) is 14.9 Å². The normalized spacial score (nSPS) is 11.7. The fraction of sp³-hybridized carbons (Fsp3) is 0.250. The van der Waals surface area contributed by atoms with Crippen molar-refractivity contribution in [1.82, 2.24) is 0 Å². The summed E-state index contributed by atoms with van der Waals surface area (Å²) in [6.45, 7) is 10.6. The molecule has 1 nitrogen and oxygen atoms in total. The molecule has 0 atom stereocenters. The Labute approximate surface area is 125 Å². The highest BCUT2D eigenvalue weighted by molar-refractivity contribution is 9.11. The van der Waals surface area contributed by atoms with E-state index in [1.165, 1.54) is 10.8 Å². The number of rotatable bonds is 8. The second kappa shape index (κ2) is 8.30. The van der Waals surface area contributed by atoms with E-state index in [1.54, 1.807) is 0 Å². The van der Waals surface area contributed by atoms with Crippen molar-refractivity contribution in [2.75, 3.05) is 6.61 Å². The van der Waals surface area contributed by atoms with Crippen molar-refractivity contribution in [2.24, 2.45) is 0 Å². The summed E-state index contributed by atoms with van der Waals surface area (Å²) < 4.78 is 6.17. The maximum absolute atomic E-state index is 6.17. The zero-order chi connectivity index (χ0) is 14.1. The summed E-state index contributed by atoms with van der Waals surface area (Å²) in [6.07, 6.45) is 5.96. The van der Waals surface area contributed by atoms with Gasteiger partial charge in [-0.2, -0.15) is 0 Å². The van der Waals surface area contributed by atoms with E-state index >= 15 is 0 Å². The largest absolute Gasteiger partial charge is 0.412 e. The van der Waals surface area contributed by atoms with Crippen LogP contribution in [0.25, 0.3) is 6.08 Å². The van der Waals surface area contributed by atoms with Crippen LogP contribution in [0.1, 0.15) is 12.5 Å². The van der Waals surface area contributed by atoms with Gasteiger partial charge in [0.15, 0.2) is 0 Å². The summed E-state index contributed by atoms with van der Waals surface area (Å²) in [7, 11) is -1.99. The molecule has 0 aliphatic carbocycles. The molecule has 0 aliphatic heterocycles. The van der Waals surface area contributed by atoms with Crippen molar-refractivity contribution in [1.29, 1.82) is 0 Å². The summed E-state index contributed by atoms with van der Waals surface area (Å²) in [4.78, 5) is 1.86. The molecule has 0 saturated carbocycles. The van der Waals surface area contributed by atoms with Crippen LogP contribution in [0.4, 0.5) is 0 Å². The molecular weight excluding hydrogens is 316 g/mol. The minimum absolute atomic E-state index is 0.733. The quantitative estimate of drug-likeness (QED) is 0.497. The van der Waals surface area contributed by atoms with Crippen LogP contribution in [0.15, 0.2) is 54.6 Å². The van der Waals surface area contributed by atoms with Crippen molar-refractivity contribution >= 4 is 35.5 Å². The van der Waals surface area contributed by atoms with E-state index in [4.69, 9.17) is 4.43 Å². The third-order valence-corrected chi connectivity index (χ3v) is 7.45. The summed E-state index contributed by atoms with van der Waals surface area (Å²) >= 11 is 3.30. The van der Waals surface area contributed by atoms with Gasteiger partial charge >= 0.3 is 0 Å². The number of allylic oxidation sites excluding steroid dienone is 2. The molecule has 3 heteroatoms. The molecule has 1 aromatic carbocycles. The Morgan fingerprint density at radius 1 is 1.16 bits per heavy atom. The summed E-state index contributed by atoms with van der Waals surface area (Å²) in [6, 6.07) is 10.4. The van der Waals surface area contributed by atoms with Crippen molar-refractivity contribution in [2.45, 2.75) is 19.0 Å². The van der Waals surface area contributed by atoms with Gasteiger partial charge < -0.3 is 4.43 Å². The molecule has 0 radical (unpaired) electrons. The Balaban J connectivity index is 3.13. The van der Waals surface area contributed by atoms with Crippen LogP contribution in [0, 0.1) is 0 Å². The molecule has 0 N–H and O–H groups in total. The monoisotopic (exact) mass is 336 g/mol. The first-order valence-electron chi connectivity index (χ1n) is 6.45. The first kappa shape index (κ1) is 16.2. The standard InChI is InChI=1S/C16H21BrOSi/c1-4-13-19(14-5-2,18-6-3)16-9-7-15(8-10-16)11-12-17/h4-5,7-12H,1-2,6,13-14H2,3H3. The second-order valence-corrected chi connectivity index (χ2v) is 8.53. The highest BCUT2D eigenvalue weighted by atomic mass is 79.9. The maximum atomic E-state index is 6.17. The Kier molecular flexibility index (Phi) is 7.06. The smallest absolute Gasteiger partial charge is 0.231 e. The molecule has 102 valence electrons. The molecular formula is C16H21BrOSi. The van der Waals surface area contributed by atoms with Crippen LogP contribution in [0.2, 0.25) is 12.1 Å². The van der Waals surface area contributed by atoms with E-state index in [0.717, 1.165) is 18.7 Å². The molecule has 0 saturated heterocycles. The van der Waals surface area contributed by atoms with Gasteiger partial charge in [0, 0.05) is 6.61 Å². The number of hydrogen-bond donors (Lipinski definition) is 0. The molecule has 1 aromatic rings. The lowest BCUT2D eigenvalue weighted by molar-refractivity contribution is 0.333. The van der Waals surface area contributed by atoms with E-state index in [0.29, 0.717) is 0 Å². The number of hydrogen-bond acceptors (Lipinski definition) is 1. The lowest BCUT2D eigenvalue weighted by Crippen LogP contribution is -2.50. The Morgan fingerprint density at radius 2 is 1.74 bits per heavy atom. The SMILES string of the molecule is C=CC[Si](CC=C)(OCC)c1ccc(C=CBr)cc1. The van der Waals surface area contributed by atoms with E-state index in [2.05, 4.69) is 60.3 Å². The predicted molar refractivity (Wildman–Crippen MR) is 91.4 cm³/mol. The zero-order valence-electron chi connectivity index (χ0n) is 11.4. The molecule has 0 spiro atoms. The molecule has 1 rings (SSSR count). The highest BCUT2D eigenvalue weighted by Gasteiger charge is 2.34. The fourth-order valence-electron chi connectivity index (χ4n) is 2.23. The van der Waals surface area contributed by atoms with E-state index < -0.39 is 8.32 Å². The lowest BCUT2D eigenvalue weighted by atomic mass is 10.2. The van der Waals surface area contributed by atoms with Crippen LogP contribution in [-0.2, 0) is 4.43 Å². The number of halogens is 1. The topological polar surface area (TPSA) is 9.23 Å². The lowest BCUT2D eigenvalue weighted by Gasteiger charge is -2.29. The van der Waals surface area contributed by atoms with Gasteiger partial charge in [-0.3, -0.25) is 0 Å². The van der Waals surface area contributed by atoms with Crippen LogP contribution in [0.3, 0.4) is 0 Å². The minimum atomic E-state index is -1.99. The van der Waals surface area contributed by atoms with Gasteiger partial charge in [0.1, 0.15) is 0 Å².